The maximum Gasteiger partial charge on any atom is 0.227 e. The Balaban J connectivity index is 1.56. The zero-order chi connectivity index (χ0) is 24.5. The second-order valence-electron chi connectivity index (χ2n) is 8.54. The maximum absolute atomic E-state index is 13.1. The molecular weight excluding hydrogens is 528 g/mol. The third-order valence-electron chi connectivity index (χ3n) is 6.32. The Bertz CT molecular complexity index is 1320. The van der Waals surface area contributed by atoms with Crippen LogP contribution in [0, 0.1) is 6.92 Å². The number of thioether (sulfide) groups is 1. The molecule has 0 saturated heterocycles. The van der Waals surface area contributed by atoms with Crippen molar-refractivity contribution in [2.24, 2.45) is 0 Å². The van der Waals surface area contributed by atoms with Crippen LogP contribution < -0.4 is 14.8 Å². The lowest BCUT2D eigenvalue weighted by Gasteiger charge is -2.32. The molecule has 0 saturated carbocycles. The predicted octanol–water partition coefficient (Wildman–Crippen LogP) is 6.07. The van der Waals surface area contributed by atoms with Gasteiger partial charge < -0.3 is 14.8 Å². The quantitative estimate of drug-likeness (QED) is 0.355. The maximum atomic E-state index is 13.1. The topological polar surface area (TPSA) is 78.3 Å². The van der Waals surface area contributed by atoms with Gasteiger partial charge in [0, 0.05) is 17.7 Å². The van der Waals surface area contributed by atoms with E-state index in [2.05, 4.69) is 52.2 Å². The van der Waals surface area contributed by atoms with E-state index in [0.717, 1.165) is 45.5 Å². The summed E-state index contributed by atoms with van der Waals surface area (Å²) in [5.74, 6) is 2.89. The highest BCUT2D eigenvalue weighted by molar-refractivity contribution is 9.10. The summed E-state index contributed by atoms with van der Waals surface area (Å²) in [5, 5.41) is 8.81. The average molecular weight is 555 g/mol. The van der Waals surface area contributed by atoms with Crippen molar-refractivity contribution in [2.75, 3.05) is 18.2 Å². The summed E-state index contributed by atoms with van der Waals surface area (Å²) in [7, 11) is 1.63. The van der Waals surface area contributed by atoms with Crippen molar-refractivity contribution in [3.63, 3.8) is 0 Å². The van der Waals surface area contributed by atoms with Crippen LogP contribution in [0.25, 0.3) is 0 Å². The number of nitrogens with zero attached hydrogens (tertiary/aromatic N) is 3. The van der Waals surface area contributed by atoms with Crippen LogP contribution in [0.2, 0.25) is 0 Å². The van der Waals surface area contributed by atoms with Crippen molar-refractivity contribution < 1.29 is 14.3 Å². The molecule has 0 spiro atoms. The van der Waals surface area contributed by atoms with Gasteiger partial charge in [0.25, 0.3) is 0 Å². The Kier molecular flexibility index (Phi) is 6.88. The summed E-state index contributed by atoms with van der Waals surface area (Å²) in [6, 6.07) is 11.7. The molecule has 2 aliphatic rings. The number of fused-ring (bicyclic) bond motifs is 1. The second kappa shape index (κ2) is 10.1. The van der Waals surface area contributed by atoms with Gasteiger partial charge in [0.2, 0.25) is 11.1 Å². The summed E-state index contributed by atoms with van der Waals surface area (Å²) in [5.41, 5.74) is 4.86. The zero-order valence-corrected chi connectivity index (χ0v) is 22.3. The van der Waals surface area contributed by atoms with Gasteiger partial charge in [-0.25, -0.2) is 4.68 Å². The molecule has 1 aliphatic heterocycles. The minimum absolute atomic E-state index is 0.143. The van der Waals surface area contributed by atoms with E-state index < -0.39 is 0 Å². The molecule has 2 aromatic carbocycles. The molecule has 0 bridgehead atoms. The molecule has 1 aliphatic carbocycles. The SMILES string of the molecule is CCSc1nc2n(n1)C(c1cc(Br)c(OCc3ccccc3C)c(OC)c1)C1=C(CCCC1=O)N2. The summed E-state index contributed by atoms with van der Waals surface area (Å²) in [6.45, 7) is 4.56. The third kappa shape index (κ3) is 4.59. The van der Waals surface area contributed by atoms with Crippen LogP contribution in [-0.2, 0) is 11.4 Å². The van der Waals surface area contributed by atoms with E-state index in [1.54, 1.807) is 18.9 Å². The lowest BCUT2D eigenvalue weighted by Crippen LogP contribution is -2.31. The Morgan fingerprint density at radius 3 is 2.86 bits per heavy atom. The fourth-order valence-electron chi connectivity index (χ4n) is 4.59. The van der Waals surface area contributed by atoms with Crippen molar-refractivity contribution in [3.8, 4) is 11.5 Å². The standard InChI is InChI=1S/C26H27BrN4O3S/c1-4-35-26-29-25-28-19-10-7-11-20(32)22(19)23(31(25)30-26)17-12-18(27)24(21(13-17)33-3)34-14-16-9-6-5-8-15(16)2/h5-6,8-9,12-13,23H,4,7,10-11,14H2,1-3H3,(H,28,29,30). The summed E-state index contributed by atoms with van der Waals surface area (Å²) >= 11 is 5.28. The highest BCUT2D eigenvalue weighted by Gasteiger charge is 2.37. The zero-order valence-electron chi connectivity index (χ0n) is 19.9. The molecule has 5 rings (SSSR count). The Hall–Kier alpha value is -2.78. The number of hydrogen-bond acceptors (Lipinski definition) is 7. The first-order valence-electron chi connectivity index (χ1n) is 11.7. The molecule has 0 fully saturated rings. The fourth-order valence-corrected chi connectivity index (χ4v) is 5.72. The highest BCUT2D eigenvalue weighted by Crippen LogP contribution is 2.45. The van der Waals surface area contributed by atoms with Gasteiger partial charge in [-0.1, -0.05) is 43.0 Å². The largest absolute Gasteiger partial charge is 0.493 e. The number of ketones is 1. The van der Waals surface area contributed by atoms with Crippen molar-refractivity contribution in [2.45, 2.75) is 50.9 Å². The number of aryl methyl sites for hydroxylation is 1. The number of carbonyl (C=O) groups excluding carboxylic acids is 1. The van der Waals surface area contributed by atoms with Gasteiger partial charge in [0.05, 0.1) is 11.6 Å². The lowest BCUT2D eigenvalue weighted by molar-refractivity contribution is -0.116. The monoisotopic (exact) mass is 554 g/mol. The molecule has 1 unspecified atom stereocenters. The molecule has 35 heavy (non-hydrogen) atoms. The van der Waals surface area contributed by atoms with Gasteiger partial charge in [0.1, 0.15) is 12.6 Å². The molecule has 9 heteroatoms. The number of benzene rings is 2. The van der Waals surface area contributed by atoms with E-state index in [1.807, 2.05) is 28.9 Å². The number of rotatable bonds is 7. The predicted molar refractivity (Wildman–Crippen MR) is 140 cm³/mol. The Morgan fingerprint density at radius 1 is 1.26 bits per heavy atom. The molecule has 0 amide bonds. The summed E-state index contributed by atoms with van der Waals surface area (Å²) in [4.78, 5) is 17.8. The van der Waals surface area contributed by atoms with Crippen molar-refractivity contribution in [1.29, 1.82) is 0 Å². The average Bonchev–Trinajstić information content (AvgIpc) is 3.25. The van der Waals surface area contributed by atoms with Gasteiger partial charge in [0.15, 0.2) is 17.3 Å². The van der Waals surface area contributed by atoms with Gasteiger partial charge in [-0.15, -0.1) is 5.10 Å². The van der Waals surface area contributed by atoms with Crippen LogP contribution >= 0.6 is 27.7 Å². The van der Waals surface area contributed by atoms with Crippen molar-refractivity contribution >= 4 is 39.4 Å². The van der Waals surface area contributed by atoms with Crippen LogP contribution in [0.4, 0.5) is 5.95 Å². The van der Waals surface area contributed by atoms with E-state index in [9.17, 15) is 4.79 Å². The minimum Gasteiger partial charge on any atom is -0.493 e. The first-order valence-corrected chi connectivity index (χ1v) is 13.4. The van der Waals surface area contributed by atoms with E-state index >= 15 is 0 Å². The summed E-state index contributed by atoms with van der Waals surface area (Å²) in [6.07, 6.45) is 2.19. The molecule has 2 heterocycles. The van der Waals surface area contributed by atoms with E-state index in [1.165, 1.54) is 5.56 Å². The molecule has 1 atom stereocenters. The highest BCUT2D eigenvalue weighted by atomic mass is 79.9. The van der Waals surface area contributed by atoms with Gasteiger partial charge in [-0.2, -0.15) is 4.98 Å². The van der Waals surface area contributed by atoms with Crippen LogP contribution in [-0.4, -0.2) is 33.4 Å². The number of halogens is 1. The molecule has 1 aromatic heterocycles. The van der Waals surface area contributed by atoms with Crippen LogP contribution in [0.15, 0.2) is 57.3 Å². The normalized spacial score (nSPS) is 17.0. The van der Waals surface area contributed by atoms with E-state index in [-0.39, 0.29) is 11.8 Å². The first-order chi connectivity index (χ1) is 17.0. The number of ether oxygens (including phenoxy) is 2. The Morgan fingerprint density at radius 2 is 2.09 bits per heavy atom. The number of carbonyl (C=O) groups is 1. The van der Waals surface area contributed by atoms with Crippen molar-refractivity contribution in [1.82, 2.24) is 14.8 Å². The molecule has 182 valence electrons. The van der Waals surface area contributed by atoms with Gasteiger partial charge in [-0.05, 0) is 70.3 Å². The number of Topliss-reactive ketones (excluding diaryl/α,β-unsaturated/α-hetero) is 1. The fraction of sp³-hybridized carbons (Fsp3) is 0.346. The summed E-state index contributed by atoms with van der Waals surface area (Å²) < 4.78 is 14.5. The number of nitrogens with one attached hydrogen (secondary N) is 1. The van der Waals surface area contributed by atoms with Crippen molar-refractivity contribution in [3.05, 3.63) is 68.8 Å². The molecule has 7 nitrogen and oxygen atoms in total. The lowest BCUT2D eigenvalue weighted by atomic mass is 9.85. The second-order valence-corrected chi connectivity index (χ2v) is 10.6. The van der Waals surface area contributed by atoms with Crippen LogP contribution in [0.3, 0.4) is 0 Å². The first kappa shape index (κ1) is 23.9. The number of aromatic nitrogens is 3. The minimum atomic E-state index is -0.386. The molecular formula is C26H27BrN4O3S. The number of methoxy groups -OCH3 is 1. The number of allylic oxidation sites excluding steroid dienone is 2. The van der Waals surface area contributed by atoms with Gasteiger partial charge in [-0.3, -0.25) is 4.79 Å². The van der Waals surface area contributed by atoms with E-state index in [4.69, 9.17) is 14.6 Å². The van der Waals surface area contributed by atoms with E-state index in [0.29, 0.717) is 35.6 Å². The molecule has 0 radical (unpaired) electrons. The van der Waals surface area contributed by atoms with Gasteiger partial charge >= 0.3 is 0 Å². The Labute approximate surface area is 217 Å². The van der Waals surface area contributed by atoms with Crippen LogP contribution in [0.5, 0.6) is 11.5 Å². The van der Waals surface area contributed by atoms with Crippen LogP contribution in [0.1, 0.15) is 48.9 Å². The third-order valence-corrected chi connectivity index (χ3v) is 7.63. The molecule has 1 N–H and O–H groups in total. The number of hydrogen-bond donors (Lipinski definition) is 1. The number of anilines is 1. The smallest absolute Gasteiger partial charge is 0.227 e. The molecule has 3 aromatic rings.